The van der Waals surface area contributed by atoms with Crippen molar-refractivity contribution in [2.45, 2.75) is 58.1 Å². The molecule has 0 fully saturated rings. The van der Waals surface area contributed by atoms with Crippen molar-refractivity contribution < 1.29 is 33.4 Å². The van der Waals surface area contributed by atoms with Gasteiger partial charge in [-0.1, -0.05) is 19.9 Å². The smallest absolute Gasteiger partial charge is 0.343 e. The highest BCUT2D eigenvalue weighted by Crippen LogP contribution is 2.41. The quantitative estimate of drug-likeness (QED) is 0.182. The monoisotopic (exact) mass is 539 g/mol. The highest BCUT2D eigenvalue weighted by Gasteiger charge is 2.43. The zero-order valence-electron chi connectivity index (χ0n) is 22.7. The molecule has 1 aromatic carbocycles. The first-order chi connectivity index (χ1) is 18.7. The summed E-state index contributed by atoms with van der Waals surface area (Å²) in [7, 11) is 1.72. The van der Waals surface area contributed by atoms with Crippen molar-refractivity contribution in [3.63, 3.8) is 0 Å². The van der Waals surface area contributed by atoms with Crippen molar-refractivity contribution in [2.24, 2.45) is 0 Å². The molecule has 9 nitrogen and oxygen atoms in total. The topological polar surface area (TPSA) is 127 Å². The van der Waals surface area contributed by atoms with Crippen LogP contribution in [0, 0.1) is 12.7 Å². The van der Waals surface area contributed by atoms with Crippen LogP contribution in [-0.2, 0) is 36.7 Å². The number of halogens is 1. The van der Waals surface area contributed by atoms with Crippen molar-refractivity contribution in [3.05, 3.63) is 57.1 Å². The summed E-state index contributed by atoms with van der Waals surface area (Å²) in [5, 5.41) is 17.8. The van der Waals surface area contributed by atoms with E-state index in [0.29, 0.717) is 42.3 Å². The van der Waals surface area contributed by atoms with E-state index in [0.717, 1.165) is 22.1 Å². The average molecular weight is 540 g/mol. The minimum atomic E-state index is -1.97. The van der Waals surface area contributed by atoms with Gasteiger partial charge in [0.25, 0.3) is 0 Å². The predicted molar refractivity (Wildman–Crippen MR) is 143 cm³/mol. The molecule has 0 unspecified atom stereocenters. The molecule has 1 aliphatic heterocycles. The molecule has 39 heavy (non-hydrogen) atoms. The summed E-state index contributed by atoms with van der Waals surface area (Å²) in [6.07, 6.45) is 5.43. The number of esters is 1. The number of nitrogens with zero attached hydrogens (tertiary/aromatic N) is 1. The van der Waals surface area contributed by atoms with Crippen LogP contribution in [0.5, 0.6) is 0 Å². The summed E-state index contributed by atoms with van der Waals surface area (Å²) >= 11 is 0. The van der Waals surface area contributed by atoms with Gasteiger partial charge in [-0.15, -0.1) is 0 Å². The summed E-state index contributed by atoms with van der Waals surface area (Å²) in [5.41, 5.74) is 2.43. The Bertz CT molecular complexity index is 1390. The van der Waals surface area contributed by atoms with Gasteiger partial charge in [-0.3, -0.25) is 14.9 Å². The Morgan fingerprint density at radius 2 is 2.13 bits per heavy atom. The molecule has 2 aliphatic rings. The lowest BCUT2D eigenvalue weighted by atomic mass is 9.80. The van der Waals surface area contributed by atoms with Gasteiger partial charge in [-0.05, 0) is 68.0 Å². The molecule has 2 atom stereocenters. The van der Waals surface area contributed by atoms with E-state index in [4.69, 9.17) is 14.5 Å². The summed E-state index contributed by atoms with van der Waals surface area (Å²) in [5.74, 6) is -1.45. The Labute approximate surface area is 226 Å². The number of aryl methyl sites for hydroxylation is 1. The van der Waals surface area contributed by atoms with Gasteiger partial charge in [-0.2, -0.15) is 0 Å². The normalized spacial score (nSPS) is 21.0. The number of aliphatic hydroxyl groups is 1. The van der Waals surface area contributed by atoms with Crippen LogP contribution in [0.1, 0.15) is 60.7 Å². The van der Waals surface area contributed by atoms with Crippen LogP contribution in [-0.4, -0.2) is 60.8 Å². The molecule has 0 spiro atoms. The minimum Gasteiger partial charge on any atom is -0.458 e. The van der Waals surface area contributed by atoms with Crippen LogP contribution in [0.2, 0.25) is 0 Å². The van der Waals surface area contributed by atoms with Crippen LogP contribution in [0.3, 0.4) is 0 Å². The van der Waals surface area contributed by atoms with Gasteiger partial charge in [0.15, 0.2) is 5.60 Å². The predicted octanol–water partition coefficient (Wildman–Crippen LogP) is 2.75. The molecule has 1 aromatic heterocycles. The Hall–Kier alpha value is -3.47. The number of cyclic esters (lactones) is 1. The second-order valence-electron chi connectivity index (χ2n) is 9.78. The molecular weight excluding hydrogens is 505 g/mol. The lowest BCUT2D eigenvalue weighted by Crippen LogP contribution is -2.45. The Morgan fingerprint density at radius 1 is 1.36 bits per heavy atom. The molecule has 1 aliphatic carbocycles. The molecule has 2 heterocycles. The van der Waals surface area contributed by atoms with Crippen molar-refractivity contribution in [3.8, 4) is 0 Å². The number of benzene rings is 1. The molecular formula is C29H34FN3O6. The molecule has 0 saturated carbocycles. The first-order valence-electron chi connectivity index (χ1n) is 13.1. The number of pyridine rings is 1. The SMILES string of the molecule is CCc1c(/C=C/C2=C(C=O)COC(=O)[C@]2(O)CC)nc2cc(F)c(C)c3c2c1[C@@H](NC(=O)COCNC)CC3. The van der Waals surface area contributed by atoms with Gasteiger partial charge >= 0.3 is 5.97 Å². The maximum absolute atomic E-state index is 14.9. The number of hydrogen-bond donors (Lipinski definition) is 3. The van der Waals surface area contributed by atoms with E-state index in [1.807, 2.05) is 6.92 Å². The summed E-state index contributed by atoms with van der Waals surface area (Å²) in [6.45, 7) is 5.23. The van der Waals surface area contributed by atoms with Crippen molar-refractivity contribution in [1.82, 2.24) is 15.6 Å². The average Bonchev–Trinajstić information content (AvgIpc) is 2.93. The second-order valence-corrected chi connectivity index (χ2v) is 9.78. The number of carbonyl (C=O) groups excluding carboxylic acids is 3. The van der Waals surface area contributed by atoms with Crippen LogP contribution >= 0.6 is 0 Å². The lowest BCUT2D eigenvalue weighted by molar-refractivity contribution is -0.162. The number of nitrogens with one attached hydrogen (secondary N) is 2. The first-order valence-corrected chi connectivity index (χ1v) is 13.1. The van der Waals surface area contributed by atoms with E-state index in [1.165, 1.54) is 12.1 Å². The number of aromatic nitrogens is 1. The fraction of sp³-hybridized carbons (Fsp3) is 0.448. The third-order valence-electron chi connectivity index (χ3n) is 7.53. The molecule has 0 radical (unpaired) electrons. The van der Waals surface area contributed by atoms with Crippen molar-refractivity contribution >= 4 is 35.1 Å². The second kappa shape index (κ2) is 11.7. The molecule has 3 N–H and O–H groups in total. The van der Waals surface area contributed by atoms with Crippen LogP contribution in [0.15, 0.2) is 23.3 Å². The van der Waals surface area contributed by atoms with Gasteiger partial charge in [-0.25, -0.2) is 14.2 Å². The number of hydrogen-bond acceptors (Lipinski definition) is 8. The number of ether oxygens (including phenoxy) is 2. The molecule has 1 amide bonds. The Kier molecular flexibility index (Phi) is 8.58. The van der Waals surface area contributed by atoms with E-state index in [2.05, 4.69) is 10.6 Å². The number of rotatable bonds is 10. The number of aldehydes is 1. The minimum absolute atomic E-state index is 0.0114. The number of amides is 1. The summed E-state index contributed by atoms with van der Waals surface area (Å²) in [6, 6.07) is 1.05. The lowest BCUT2D eigenvalue weighted by Gasteiger charge is -2.32. The van der Waals surface area contributed by atoms with E-state index < -0.39 is 11.6 Å². The third kappa shape index (κ3) is 5.24. The Balaban J connectivity index is 1.87. The maximum atomic E-state index is 14.9. The molecule has 4 rings (SSSR count). The van der Waals surface area contributed by atoms with E-state index in [9.17, 15) is 23.9 Å². The van der Waals surface area contributed by atoms with Gasteiger partial charge < -0.3 is 19.9 Å². The van der Waals surface area contributed by atoms with Crippen LogP contribution < -0.4 is 10.6 Å². The summed E-state index contributed by atoms with van der Waals surface area (Å²) in [4.78, 5) is 41.6. The maximum Gasteiger partial charge on any atom is 0.343 e. The fourth-order valence-electron chi connectivity index (χ4n) is 5.48. The van der Waals surface area contributed by atoms with Crippen LogP contribution in [0.4, 0.5) is 4.39 Å². The van der Waals surface area contributed by atoms with Gasteiger partial charge in [0.05, 0.1) is 24.0 Å². The summed E-state index contributed by atoms with van der Waals surface area (Å²) < 4.78 is 25.3. The Morgan fingerprint density at radius 3 is 2.79 bits per heavy atom. The molecule has 2 aromatic rings. The van der Waals surface area contributed by atoms with Crippen molar-refractivity contribution in [2.75, 3.05) is 27.0 Å². The fourth-order valence-corrected chi connectivity index (χ4v) is 5.48. The van der Waals surface area contributed by atoms with Gasteiger partial charge in [0.1, 0.15) is 25.3 Å². The van der Waals surface area contributed by atoms with Crippen molar-refractivity contribution in [1.29, 1.82) is 0 Å². The first kappa shape index (κ1) is 28.5. The highest BCUT2D eigenvalue weighted by atomic mass is 19.1. The largest absolute Gasteiger partial charge is 0.458 e. The van der Waals surface area contributed by atoms with Gasteiger partial charge in [0, 0.05) is 22.6 Å². The van der Waals surface area contributed by atoms with Gasteiger partial charge in [0.2, 0.25) is 5.91 Å². The molecule has 10 heteroatoms. The molecule has 208 valence electrons. The van der Waals surface area contributed by atoms with E-state index >= 15 is 0 Å². The third-order valence-corrected chi connectivity index (χ3v) is 7.53. The standard InChI is InChI=1S/C29H34FN3O6/c1-5-18-22(10-8-20-17(12-34)13-39-28(36)29(20,37)6-2)32-24-11-21(30)16(3)19-7-9-23(26(18)27(19)24)33-25(35)14-38-15-31-4/h8,10-12,23,31,37H,5-7,9,13-15H2,1-4H3,(H,33,35)/b10-8+/t23-,29-/m0/s1. The number of carbonyl (C=O) groups is 3. The van der Waals surface area contributed by atoms with E-state index in [1.54, 1.807) is 27.0 Å². The van der Waals surface area contributed by atoms with Crippen LogP contribution in [0.25, 0.3) is 17.0 Å². The molecule has 0 saturated heterocycles. The molecule has 0 bridgehead atoms. The van der Waals surface area contributed by atoms with E-state index in [-0.39, 0.29) is 55.3 Å². The highest BCUT2D eigenvalue weighted by molar-refractivity contribution is 5.93. The zero-order valence-corrected chi connectivity index (χ0v) is 22.7. The zero-order chi connectivity index (χ0) is 28.3.